The van der Waals surface area contributed by atoms with Gasteiger partial charge in [0.15, 0.2) is 5.82 Å². The first-order valence-electron chi connectivity index (χ1n) is 7.31. The van der Waals surface area contributed by atoms with E-state index in [-0.39, 0.29) is 10.5 Å². The Bertz CT molecular complexity index is 916. The van der Waals surface area contributed by atoms with E-state index in [1.165, 1.54) is 16.8 Å². The molecule has 126 valence electrons. The van der Waals surface area contributed by atoms with E-state index in [1.54, 1.807) is 0 Å². The molecule has 2 aromatic heterocycles. The third kappa shape index (κ3) is 2.44. The molecule has 1 fully saturated rings. The number of nitrogens with zero attached hydrogens (tertiary/aromatic N) is 5. The minimum absolute atomic E-state index is 0.269. The van der Waals surface area contributed by atoms with Crippen LogP contribution in [0.5, 0.6) is 0 Å². The largest absolute Gasteiger partial charge is 0.417 e. The number of alkyl halides is 3. The maximum absolute atomic E-state index is 13.1. The molecule has 4 rings (SSSR count). The van der Waals surface area contributed by atoms with Crippen LogP contribution in [0.25, 0.3) is 16.7 Å². The van der Waals surface area contributed by atoms with Gasteiger partial charge in [0.05, 0.1) is 21.6 Å². The second-order valence-electron chi connectivity index (χ2n) is 5.52. The van der Waals surface area contributed by atoms with Crippen LogP contribution in [0, 0.1) is 0 Å². The van der Waals surface area contributed by atoms with Crippen molar-refractivity contribution in [2.75, 3.05) is 31.1 Å². The van der Waals surface area contributed by atoms with Crippen molar-refractivity contribution in [2.24, 2.45) is 0 Å². The number of hydrogen-bond acceptors (Lipinski definition) is 5. The Balaban J connectivity index is 1.98. The SMILES string of the molecule is FC(F)(F)c1cc2c(cc1Cl)nc(N1CCNCC1)c1nncn12. The molecule has 1 aliphatic rings. The van der Waals surface area contributed by atoms with Gasteiger partial charge >= 0.3 is 6.18 Å². The van der Waals surface area contributed by atoms with E-state index < -0.39 is 11.7 Å². The first-order valence-corrected chi connectivity index (χ1v) is 7.69. The van der Waals surface area contributed by atoms with Crippen LogP contribution in [0.2, 0.25) is 5.02 Å². The van der Waals surface area contributed by atoms with Gasteiger partial charge in [-0.3, -0.25) is 4.40 Å². The van der Waals surface area contributed by atoms with Crippen molar-refractivity contribution in [2.45, 2.75) is 6.18 Å². The molecule has 0 radical (unpaired) electrons. The molecule has 0 amide bonds. The fourth-order valence-corrected chi connectivity index (χ4v) is 3.13. The number of aromatic nitrogens is 4. The summed E-state index contributed by atoms with van der Waals surface area (Å²) in [4.78, 5) is 6.54. The monoisotopic (exact) mass is 356 g/mol. The van der Waals surface area contributed by atoms with Gasteiger partial charge in [0.1, 0.15) is 6.33 Å². The van der Waals surface area contributed by atoms with Crippen LogP contribution in [0.4, 0.5) is 19.0 Å². The minimum atomic E-state index is -4.54. The standard InChI is InChI=1S/C14H12ClF3N6/c15-9-6-10-11(5-8(9)14(16,17)18)24-7-20-22-13(24)12(21-10)23-3-1-19-2-4-23/h5-7,19H,1-4H2. The molecule has 0 atom stereocenters. The third-order valence-corrected chi connectivity index (χ3v) is 4.33. The van der Waals surface area contributed by atoms with Crippen molar-refractivity contribution in [1.29, 1.82) is 0 Å². The van der Waals surface area contributed by atoms with Crippen molar-refractivity contribution in [3.63, 3.8) is 0 Å². The lowest BCUT2D eigenvalue weighted by atomic mass is 10.2. The predicted molar refractivity (Wildman–Crippen MR) is 83.4 cm³/mol. The predicted octanol–water partition coefficient (Wildman–Crippen LogP) is 2.36. The van der Waals surface area contributed by atoms with Crippen molar-refractivity contribution in [1.82, 2.24) is 24.9 Å². The van der Waals surface area contributed by atoms with Gasteiger partial charge in [0.2, 0.25) is 5.65 Å². The first kappa shape index (κ1) is 15.4. The zero-order valence-electron chi connectivity index (χ0n) is 12.3. The van der Waals surface area contributed by atoms with Crippen LogP contribution in [0.3, 0.4) is 0 Å². The highest BCUT2D eigenvalue weighted by atomic mass is 35.5. The summed E-state index contributed by atoms with van der Waals surface area (Å²) in [5.74, 6) is 0.595. The number of hydrogen-bond donors (Lipinski definition) is 1. The number of nitrogens with one attached hydrogen (secondary N) is 1. The molecule has 0 bridgehead atoms. The van der Waals surface area contributed by atoms with Crippen LogP contribution in [0.1, 0.15) is 5.56 Å². The van der Waals surface area contributed by atoms with E-state index in [0.29, 0.717) is 17.0 Å². The zero-order chi connectivity index (χ0) is 16.9. The summed E-state index contributed by atoms with van der Waals surface area (Å²) in [6.45, 7) is 3.06. The Morgan fingerprint density at radius 1 is 1.17 bits per heavy atom. The molecular weight excluding hydrogens is 345 g/mol. The second kappa shape index (κ2) is 5.45. The number of anilines is 1. The number of halogens is 4. The van der Waals surface area contributed by atoms with Gasteiger partial charge in [-0.15, -0.1) is 10.2 Å². The molecule has 0 spiro atoms. The van der Waals surface area contributed by atoms with Crippen molar-refractivity contribution in [3.8, 4) is 0 Å². The molecule has 1 aliphatic heterocycles. The zero-order valence-corrected chi connectivity index (χ0v) is 13.1. The number of piperazine rings is 1. The molecule has 1 aromatic carbocycles. The number of fused-ring (bicyclic) bond motifs is 3. The van der Waals surface area contributed by atoms with E-state index >= 15 is 0 Å². The smallest absolute Gasteiger partial charge is 0.351 e. The highest BCUT2D eigenvalue weighted by Crippen LogP contribution is 2.37. The average molecular weight is 357 g/mol. The summed E-state index contributed by atoms with van der Waals surface area (Å²) in [7, 11) is 0. The summed E-state index contributed by atoms with van der Waals surface area (Å²) in [5.41, 5.74) is 0.169. The van der Waals surface area contributed by atoms with Crippen LogP contribution in [0.15, 0.2) is 18.5 Å². The molecule has 1 saturated heterocycles. The molecule has 0 saturated carbocycles. The van der Waals surface area contributed by atoms with Crippen LogP contribution in [-0.4, -0.2) is 45.8 Å². The number of rotatable bonds is 1. The van der Waals surface area contributed by atoms with Gasteiger partial charge in [-0.05, 0) is 12.1 Å². The average Bonchev–Trinajstić information content (AvgIpc) is 3.03. The van der Waals surface area contributed by atoms with Gasteiger partial charge < -0.3 is 10.2 Å². The van der Waals surface area contributed by atoms with E-state index in [2.05, 4.69) is 20.5 Å². The maximum atomic E-state index is 13.1. The van der Waals surface area contributed by atoms with Crippen molar-refractivity contribution < 1.29 is 13.2 Å². The third-order valence-electron chi connectivity index (χ3n) is 4.02. The quantitative estimate of drug-likeness (QED) is 0.725. The maximum Gasteiger partial charge on any atom is 0.417 e. The van der Waals surface area contributed by atoms with E-state index in [1.807, 2.05) is 4.90 Å². The van der Waals surface area contributed by atoms with E-state index in [9.17, 15) is 13.2 Å². The summed E-state index contributed by atoms with van der Waals surface area (Å²) in [6.07, 6.45) is -3.15. The molecule has 10 heteroatoms. The summed E-state index contributed by atoms with van der Waals surface area (Å²) >= 11 is 5.83. The first-order chi connectivity index (χ1) is 11.4. The van der Waals surface area contributed by atoms with E-state index in [0.717, 1.165) is 32.2 Å². The minimum Gasteiger partial charge on any atom is -0.351 e. The Morgan fingerprint density at radius 3 is 2.62 bits per heavy atom. The van der Waals surface area contributed by atoms with Crippen LogP contribution >= 0.6 is 11.6 Å². The van der Waals surface area contributed by atoms with Gasteiger partial charge in [-0.2, -0.15) is 13.2 Å². The van der Waals surface area contributed by atoms with Crippen LogP contribution < -0.4 is 10.2 Å². The molecule has 3 heterocycles. The Morgan fingerprint density at radius 2 is 1.92 bits per heavy atom. The van der Waals surface area contributed by atoms with Crippen LogP contribution in [-0.2, 0) is 6.18 Å². The van der Waals surface area contributed by atoms with Crippen molar-refractivity contribution >= 4 is 34.1 Å². The number of benzene rings is 1. The topological polar surface area (TPSA) is 58.4 Å². The molecule has 6 nitrogen and oxygen atoms in total. The van der Waals surface area contributed by atoms with Gasteiger partial charge in [0.25, 0.3) is 0 Å². The summed E-state index contributed by atoms with van der Waals surface area (Å²) in [5, 5.41) is 10.7. The Kier molecular flexibility index (Phi) is 3.50. The highest BCUT2D eigenvalue weighted by molar-refractivity contribution is 6.32. The fraction of sp³-hybridized carbons (Fsp3) is 0.357. The molecule has 1 N–H and O–H groups in total. The molecule has 3 aromatic rings. The Labute approximate surface area is 139 Å². The summed E-state index contributed by atoms with van der Waals surface area (Å²) in [6, 6.07) is 2.23. The molecule has 24 heavy (non-hydrogen) atoms. The van der Waals surface area contributed by atoms with Crippen molar-refractivity contribution in [3.05, 3.63) is 29.0 Å². The van der Waals surface area contributed by atoms with Gasteiger partial charge in [-0.1, -0.05) is 11.6 Å². The lowest BCUT2D eigenvalue weighted by Crippen LogP contribution is -2.44. The molecule has 0 unspecified atom stereocenters. The van der Waals surface area contributed by atoms with Gasteiger partial charge in [0, 0.05) is 26.2 Å². The van der Waals surface area contributed by atoms with Gasteiger partial charge in [-0.25, -0.2) is 4.98 Å². The highest BCUT2D eigenvalue weighted by Gasteiger charge is 2.34. The normalized spacial score (nSPS) is 16.2. The molecule has 0 aliphatic carbocycles. The second-order valence-corrected chi connectivity index (χ2v) is 5.92. The molecular formula is C14H12ClF3N6. The lowest BCUT2D eigenvalue weighted by Gasteiger charge is -2.28. The lowest BCUT2D eigenvalue weighted by molar-refractivity contribution is -0.137. The Hall–Kier alpha value is -2.13. The summed E-state index contributed by atoms with van der Waals surface area (Å²) < 4.78 is 40.9. The van der Waals surface area contributed by atoms with E-state index in [4.69, 9.17) is 11.6 Å². The fourth-order valence-electron chi connectivity index (χ4n) is 2.87.